The molecule has 0 unspecified atom stereocenters. The molecule has 0 spiro atoms. The summed E-state index contributed by atoms with van der Waals surface area (Å²) in [7, 11) is -0.862. The molecule has 0 aromatic heterocycles. The molecule has 160 valence electrons. The van der Waals surface area contributed by atoms with Crippen LogP contribution in [0.2, 0.25) is 0 Å². The van der Waals surface area contributed by atoms with E-state index in [1.54, 1.807) is 0 Å². The average molecular weight is 494 g/mol. The monoisotopic (exact) mass is 494 g/mol. The Bertz CT molecular complexity index is 716. The molecular weight excluding hydrogens is 469 g/mol. The molecule has 0 aliphatic heterocycles. The van der Waals surface area contributed by atoms with Crippen LogP contribution in [0, 0.1) is 73.9 Å². The van der Waals surface area contributed by atoms with Crippen molar-refractivity contribution in [2.24, 2.45) is 0 Å². The molecule has 0 amide bonds. The van der Waals surface area contributed by atoms with Crippen LogP contribution in [0.5, 0.6) is 0 Å². The Morgan fingerprint density at radius 2 is 1.06 bits per heavy atom. The summed E-state index contributed by atoms with van der Waals surface area (Å²) in [4.78, 5) is 0. The van der Waals surface area contributed by atoms with E-state index in [2.05, 4.69) is 40.0 Å². The van der Waals surface area contributed by atoms with Gasteiger partial charge in [-0.05, 0) is 94.2 Å². The van der Waals surface area contributed by atoms with E-state index in [1.807, 2.05) is 68.1 Å². The molecule has 2 aliphatic rings. The second kappa shape index (κ2) is 12.7. The molecule has 4 rings (SSSR count). The molecular formula is C26H25F2FePS+2. The summed E-state index contributed by atoms with van der Waals surface area (Å²) in [6.07, 6.45) is 16.3. The number of thioether (sulfide) groups is 1. The van der Waals surface area contributed by atoms with E-state index in [0.29, 0.717) is 0 Å². The third-order valence-corrected chi connectivity index (χ3v) is 7.98. The Labute approximate surface area is 203 Å². The van der Waals surface area contributed by atoms with Crippen molar-refractivity contribution in [3.63, 3.8) is 0 Å². The van der Waals surface area contributed by atoms with Gasteiger partial charge in [0.1, 0.15) is 11.6 Å². The van der Waals surface area contributed by atoms with Crippen LogP contribution < -0.4 is 10.6 Å². The Morgan fingerprint density at radius 1 is 0.645 bits per heavy atom. The minimum atomic E-state index is -0.862. The fourth-order valence-electron chi connectivity index (χ4n) is 2.92. The second-order valence-corrected chi connectivity index (χ2v) is 11.8. The average Bonchev–Trinajstić information content (AvgIpc) is 3.40. The van der Waals surface area contributed by atoms with E-state index in [4.69, 9.17) is 0 Å². The van der Waals surface area contributed by atoms with E-state index in [1.165, 1.54) is 35.2 Å². The van der Waals surface area contributed by atoms with Gasteiger partial charge in [-0.25, -0.2) is 8.78 Å². The van der Waals surface area contributed by atoms with Gasteiger partial charge in [-0.3, -0.25) is 0 Å². The number of hydrogen-bond acceptors (Lipinski definition) is 1. The molecule has 0 heterocycles. The fourth-order valence-corrected chi connectivity index (χ4v) is 6.59. The first-order valence-electron chi connectivity index (χ1n) is 9.76. The maximum absolute atomic E-state index is 13.4. The van der Waals surface area contributed by atoms with Crippen LogP contribution in [0.15, 0.2) is 48.5 Å². The van der Waals surface area contributed by atoms with Gasteiger partial charge in [-0.1, -0.05) is 45.0 Å². The van der Waals surface area contributed by atoms with E-state index >= 15 is 0 Å². The standard InChI is InChI=1S/C21H20F2PS.C5H5.Fe/c1-21(2,3)25-20-6-4-5-19(20)24(17-11-7-15(22)8-12-17)18-13-9-16(23)10-14-18;1-2-4-5-3-1;/h4-14H,1-3H3;1-5H;/q;;+2. The van der Waals surface area contributed by atoms with E-state index in [-0.39, 0.29) is 33.5 Å². The summed E-state index contributed by atoms with van der Waals surface area (Å²) in [5.74, 6) is -0.491. The molecule has 2 aromatic carbocycles. The maximum atomic E-state index is 13.4. The Hall–Kier alpha value is -0.401. The van der Waals surface area contributed by atoms with Crippen molar-refractivity contribution in [2.45, 2.75) is 25.5 Å². The van der Waals surface area contributed by atoms with Gasteiger partial charge in [0.15, 0.2) is 0 Å². The van der Waals surface area contributed by atoms with Gasteiger partial charge in [0.2, 0.25) is 0 Å². The van der Waals surface area contributed by atoms with Gasteiger partial charge in [0.05, 0.1) is 0 Å². The number of hydrogen-bond donors (Lipinski definition) is 0. The first-order valence-corrected chi connectivity index (χ1v) is 11.9. The molecule has 10 radical (unpaired) electrons. The number of benzene rings is 2. The van der Waals surface area contributed by atoms with Crippen LogP contribution in [0.3, 0.4) is 0 Å². The van der Waals surface area contributed by atoms with Gasteiger partial charge < -0.3 is 0 Å². The van der Waals surface area contributed by atoms with Gasteiger partial charge in [-0.15, -0.1) is 11.8 Å². The molecule has 2 saturated carbocycles. The van der Waals surface area contributed by atoms with Crippen LogP contribution in [0.25, 0.3) is 0 Å². The van der Waals surface area contributed by atoms with Crippen molar-refractivity contribution in [3.05, 3.63) is 122 Å². The topological polar surface area (TPSA) is 0 Å². The van der Waals surface area contributed by atoms with Crippen molar-refractivity contribution in [1.82, 2.24) is 0 Å². The fraction of sp³-hybridized carbons (Fsp3) is 0.154. The minimum absolute atomic E-state index is 0. The minimum Gasteiger partial charge on any atom is -0.207 e. The number of rotatable bonds is 4. The summed E-state index contributed by atoms with van der Waals surface area (Å²) < 4.78 is 26.9. The summed E-state index contributed by atoms with van der Waals surface area (Å²) in [5, 5.41) is 3.35. The third-order valence-electron chi connectivity index (χ3n) is 4.14. The number of halogens is 2. The Kier molecular flexibility index (Phi) is 11.0. The van der Waals surface area contributed by atoms with Gasteiger partial charge in [-0.2, -0.15) is 0 Å². The Balaban J connectivity index is 0.000000501. The van der Waals surface area contributed by atoms with Crippen LogP contribution in [-0.4, -0.2) is 4.75 Å². The van der Waals surface area contributed by atoms with E-state index in [0.717, 1.165) is 10.6 Å². The molecule has 2 fully saturated rings. The van der Waals surface area contributed by atoms with Gasteiger partial charge >= 0.3 is 17.1 Å². The SMILES string of the molecule is CC(C)(C)S[C]1[CH][CH][CH][C]1P(c1ccc(F)cc1)c1ccc(F)cc1.[CH]1[CH][CH][CH][CH]1.[Fe+2]. The molecule has 0 nitrogen and oxygen atoms in total. The summed E-state index contributed by atoms with van der Waals surface area (Å²) >= 11 is 1.83. The van der Waals surface area contributed by atoms with E-state index < -0.39 is 7.92 Å². The van der Waals surface area contributed by atoms with Crippen LogP contribution in [-0.2, 0) is 17.1 Å². The molecule has 0 atom stereocenters. The van der Waals surface area contributed by atoms with Crippen LogP contribution in [0.4, 0.5) is 8.78 Å². The van der Waals surface area contributed by atoms with Gasteiger partial charge in [0.25, 0.3) is 0 Å². The quantitative estimate of drug-likeness (QED) is 0.339. The first-order chi connectivity index (χ1) is 14.3. The summed E-state index contributed by atoms with van der Waals surface area (Å²) in [6.45, 7) is 6.56. The molecule has 0 N–H and O–H groups in total. The second-order valence-electron chi connectivity index (χ2n) is 7.74. The van der Waals surface area contributed by atoms with Crippen LogP contribution >= 0.6 is 19.7 Å². The molecule has 5 heteroatoms. The molecule has 2 aliphatic carbocycles. The van der Waals surface area contributed by atoms with Crippen molar-refractivity contribution in [1.29, 1.82) is 0 Å². The zero-order valence-electron chi connectivity index (χ0n) is 17.7. The first kappa shape index (κ1) is 26.8. The molecule has 31 heavy (non-hydrogen) atoms. The zero-order chi connectivity index (χ0) is 21.6. The van der Waals surface area contributed by atoms with E-state index in [9.17, 15) is 8.78 Å². The van der Waals surface area contributed by atoms with Crippen molar-refractivity contribution >= 4 is 30.3 Å². The van der Waals surface area contributed by atoms with Crippen LogP contribution in [0.1, 0.15) is 20.8 Å². The third kappa shape index (κ3) is 8.47. The van der Waals surface area contributed by atoms with Crippen molar-refractivity contribution in [3.8, 4) is 0 Å². The largest absolute Gasteiger partial charge is 2.00 e. The summed E-state index contributed by atoms with van der Waals surface area (Å²) in [6, 6.07) is 13.3. The molecule has 2 aromatic rings. The molecule has 0 bridgehead atoms. The van der Waals surface area contributed by atoms with Gasteiger partial charge in [0, 0.05) is 15.7 Å². The zero-order valence-corrected chi connectivity index (χ0v) is 20.5. The maximum Gasteiger partial charge on any atom is 2.00 e. The predicted octanol–water partition coefficient (Wildman–Crippen LogP) is 6.64. The Morgan fingerprint density at radius 3 is 1.45 bits per heavy atom. The normalized spacial score (nSPS) is 17.4. The smallest absolute Gasteiger partial charge is 0.207 e. The molecule has 0 saturated heterocycles. The summed E-state index contributed by atoms with van der Waals surface area (Å²) in [5.41, 5.74) is 1.23. The van der Waals surface area contributed by atoms with Crippen molar-refractivity contribution < 1.29 is 25.8 Å². The van der Waals surface area contributed by atoms with Crippen molar-refractivity contribution in [2.75, 3.05) is 0 Å². The predicted molar refractivity (Wildman–Crippen MR) is 127 cm³/mol.